The summed E-state index contributed by atoms with van der Waals surface area (Å²) in [5.74, 6) is -4.06. The van der Waals surface area contributed by atoms with E-state index in [0.717, 1.165) is 16.8 Å². The van der Waals surface area contributed by atoms with Crippen molar-refractivity contribution in [2.75, 3.05) is 0 Å². The highest BCUT2D eigenvalue weighted by Gasteiger charge is 2.17. The van der Waals surface area contributed by atoms with Crippen LogP contribution in [0.25, 0.3) is 5.69 Å². The van der Waals surface area contributed by atoms with Crippen LogP contribution in [0.15, 0.2) is 12.1 Å². The maximum atomic E-state index is 13.4. The molecule has 16 heavy (non-hydrogen) atoms. The van der Waals surface area contributed by atoms with E-state index in [-0.39, 0.29) is 18.1 Å². The van der Waals surface area contributed by atoms with Crippen molar-refractivity contribution in [1.82, 2.24) is 20.2 Å². The van der Waals surface area contributed by atoms with Gasteiger partial charge in [0.15, 0.2) is 23.3 Å². The Balaban J connectivity index is 2.61. The highest BCUT2D eigenvalue weighted by molar-refractivity contribution is 5.34. The predicted molar refractivity (Wildman–Crippen MR) is 46.9 cm³/mol. The summed E-state index contributed by atoms with van der Waals surface area (Å²) in [6.45, 7) is -0.0502. The summed E-state index contributed by atoms with van der Waals surface area (Å²) in [6, 6.07) is 1.82. The molecule has 8 heteroatoms. The van der Waals surface area contributed by atoms with Crippen molar-refractivity contribution in [1.29, 1.82) is 0 Å². The lowest BCUT2D eigenvalue weighted by Crippen LogP contribution is -2.10. The third-order valence-corrected chi connectivity index (χ3v) is 1.96. The number of nitrogens with two attached hydrogens (primary N) is 1. The van der Waals surface area contributed by atoms with Gasteiger partial charge < -0.3 is 5.73 Å². The van der Waals surface area contributed by atoms with Crippen LogP contribution in [0.2, 0.25) is 0 Å². The molecule has 2 N–H and O–H groups in total. The summed E-state index contributed by atoms with van der Waals surface area (Å²) < 4.78 is 39.9. The van der Waals surface area contributed by atoms with Crippen LogP contribution in [0.1, 0.15) is 5.82 Å². The fraction of sp³-hybridized carbons (Fsp3) is 0.125. The molecule has 1 heterocycles. The molecule has 0 aliphatic carbocycles. The van der Waals surface area contributed by atoms with E-state index in [1.807, 2.05) is 0 Å². The van der Waals surface area contributed by atoms with Gasteiger partial charge in [0.25, 0.3) is 0 Å². The second-order valence-corrected chi connectivity index (χ2v) is 2.91. The average Bonchev–Trinajstić information content (AvgIpc) is 2.74. The number of halogens is 3. The lowest BCUT2D eigenvalue weighted by molar-refractivity contribution is 0.442. The number of tetrazole rings is 1. The van der Waals surface area contributed by atoms with Gasteiger partial charge in [-0.15, -0.1) is 5.10 Å². The minimum atomic E-state index is -1.57. The molecule has 0 fully saturated rings. The summed E-state index contributed by atoms with van der Waals surface area (Å²) in [7, 11) is 0. The van der Waals surface area contributed by atoms with Crippen molar-refractivity contribution in [3.05, 3.63) is 35.4 Å². The molecule has 0 aliphatic rings. The van der Waals surface area contributed by atoms with Gasteiger partial charge in [-0.3, -0.25) is 0 Å². The maximum Gasteiger partial charge on any atom is 0.196 e. The first-order valence-electron chi connectivity index (χ1n) is 4.26. The smallest absolute Gasteiger partial charge is 0.196 e. The number of rotatable bonds is 2. The molecular formula is C8H6F3N5. The zero-order chi connectivity index (χ0) is 11.7. The number of aromatic nitrogens is 4. The second kappa shape index (κ2) is 3.89. The summed E-state index contributed by atoms with van der Waals surface area (Å²) >= 11 is 0. The zero-order valence-electron chi connectivity index (χ0n) is 7.86. The van der Waals surface area contributed by atoms with Gasteiger partial charge >= 0.3 is 0 Å². The Bertz CT molecular complexity index is 524. The van der Waals surface area contributed by atoms with Crippen molar-refractivity contribution in [2.24, 2.45) is 5.73 Å². The van der Waals surface area contributed by atoms with E-state index in [1.54, 1.807) is 0 Å². The summed E-state index contributed by atoms with van der Waals surface area (Å²) in [5.41, 5.74) is 5.01. The van der Waals surface area contributed by atoms with Crippen molar-refractivity contribution >= 4 is 0 Å². The largest absolute Gasteiger partial charge is 0.324 e. The Labute approximate surface area is 87.7 Å². The minimum absolute atomic E-state index is 0.0502. The van der Waals surface area contributed by atoms with Crippen LogP contribution >= 0.6 is 0 Å². The highest BCUT2D eigenvalue weighted by atomic mass is 19.2. The lowest BCUT2D eigenvalue weighted by Gasteiger charge is -2.05. The monoisotopic (exact) mass is 229 g/mol. The third-order valence-electron chi connectivity index (χ3n) is 1.96. The molecule has 0 spiro atoms. The Morgan fingerprint density at radius 1 is 1.19 bits per heavy atom. The van der Waals surface area contributed by atoms with E-state index >= 15 is 0 Å². The molecule has 0 unspecified atom stereocenters. The van der Waals surface area contributed by atoms with Crippen molar-refractivity contribution in [3.63, 3.8) is 0 Å². The van der Waals surface area contributed by atoms with Gasteiger partial charge in [0.2, 0.25) is 0 Å². The molecule has 0 saturated heterocycles. The van der Waals surface area contributed by atoms with E-state index in [4.69, 9.17) is 5.73 Å². The molecule has 2 rings (SSSR count). The number of hydrogen-bond donors (Lipinski definition) is 1. The third kappa shape index (κ3) is 1.52. The highest BCUT2D eigenvalue weighted by Crippen LogP contribution is 2.18. The first kappa shape index (κ1) is 10.6. The van der Waals surface area contributed by atoms with Crippen LogP contribution in [0.5, 0.6) is 0 Å². The van der Waals surface area contributed by atoms with Crippen molar-refractivity contribution < 1.29 is 13.2 Å². The van der Waals surface area contributed by atoms with E-state index in [9.17, 15) is 13.2 Å². The maximum absolute atomic E-state index is 13.4. The van der Waals surface area contributed by atoms with Crippen LogP contribution in [-0.4, -0.2) is 20.2 Å². The van der Waals surface area contributed by atoms with Gasteiger partial charge in [-0.2, -0.15) is 4.68 Å². The Morgan fingerprint density at radius 2 is 1.94 bits per heavy atom. The molecule has 0 saturated carbocycles. The predicted octanol–water partition coefficient (Wildman–Crippen LogP) is 0.538. The SMILES string of the molecule is NCc1nnnn1-c1ccc(F)c(F)c1F. The van der Waals surface area contributed by atoms with Gasteiger partial charge in [-0.1, -0.05) is 0 Å². The van der Waals surface area contributed by atoms with Crippen LogP contribution in [0.4, 0.5) is 13.2 Å². The van der Waals surface area contributed by atoms with Crippen LogP contribution in [0, 0.1) is 17.5 Å². The van der Waals surface area contributed by atoms with Crippen molar-refractivity contribution in [2.45, 2.75) is 6.54 Å². The van der Waals surface area contributed by atoms with Gasteiger partial charge in [0.05, 0.1) is 6.54 Å². The van der Waals surface area contributed by atoms with E-state index in [0.29, 0.717) is 0 Å². The second-order valence-electron chi connectivity index (χ2n) is 2.91. The van der Waals surface area contributed by atoms with Crippen molar-refractivity contribution in [3.8, 4) is 5.69 Å². The van der Waals surface area contributed by atoms with Crippen LogP contribution in [0.3, 0.4) is 0 Å². The molecule has 1 aromatic heterocycles. The van der Waals surface area contributed by atoms with Crippen LogP contribution < -0.4 is 5.73 Å². The fourth-order valence-electron chi connectivity index (χ4n) is 1.20. The standard InChI is InChI=1S/C8H6F3N5/c9-4-1-2-5(8(11)7(4)10)16-6(3-12)13-14-15-16/h1-2H,3,12H2. The van der Waals surface area contributed by atoms with Gasteiger partial charge in [0, 0.05) is 0 Å². The lowest BCUT2D eigenvalue weighted by atomic mass is 10.3. The molecule has 2 aromatic rings. The normalized spacial score (nSPS) is 10.8. The molecular weight excluding hydrogens is 223 g/mol. The molecule has 0 atom stereocenters. The average molecular weight is 229 g/mol. The Morgan fingerprint density at radius 3 is 2.62 bits per heavy atom. The Hall–Kier alpha value is -1.96. The molecule has 1 aromatic carbocycles. The first-order valence-corrected chi connectivity index (χ1v) is 4.26. The fourth-order valence-corrected chi connectivity index (χ4v) is 1.20. The molecule has 0 amide bonds. The zero-order valence-corrected chi connectivity index (χ0v) is 7.86. The summed E-state index contributed by atoms with van der Waals surface area (Å²) in [5, 5.41) is 10.2. The minimum Gasteiger partial charge on any atom is -0.324 e. The Kier molecular flexibility index (Phi) is 2.57. The van der Waals surface area contributed by atoms with Gasteiger partial charge in [0.1, 0.15) is 5.69 Å². The number of hydrogen-bond acceptors (Lipinski definition) is 4. The molecule has 0 radical (unpaired) electrons. The number of nitrogens with zero attached hydrogens (tertiary/aromatic N) is 4. The van der Waals surface area contributed by atoms with Crippen LogP contribution in [-0.2, 0) is 6.54 Å². The van der Waals surface area contributed by atoms with Gasteiger partial charge in [-0.05, 0) is 22.6 Å². The van der Waals surface area contributed by atoms with E-state index < -0.39 is 17.5 Å². The summed E-state index contributed by atoms with van der Waals surface area (Å²) in [6.07, 6.45) is 0. The summed E-state index contributed by atoms with van der Waals surface area (Å²) in [4.78, 5) is 0. The quantitative estimate of drug-likeness (QED) is 0.763. The molecule has 0 aliphatic heterocycles. The topological polar surface area (TPSA) is 69.6 Å². The van der Waals surface area contributed by atoms with E-state index in [2.05, 4.69) is 15.5 Å². The van der Waals surface area contributed by atoms with E-state index in [1.165, 1.54) is 0 Å². The molecule has 0 bridgehead atoms. The molecule has 5 nitrogen and oxygen atoms in total. The van der Waals surface area contributed by atoms with Gasteiger partial charge in [-0.25, -0.2) is 13.2 Å². The molecule has 84 valence electrons. The number of benzene rings is 1. The first-order chi connectivity index (χ1) is 7.65.